The summed E-state index contributed by atoms with van der Waals surface area (Å²) in [4.78, 5) is 45.4. The lowest BCUT2D eigenvalue weighted by Crippen LogP contribution is -2.49. The third-order valence-corrected chi connectivity index (χ3v) is 9.85. The van der Waals surface area contributed by atoms with Crippen LogP contribution < -0.4 is 4.90 Å². The summed E-state index contributed by atoms with van der Waals surface area (Å²) < 4.78 is 0. The van der Waals surface area contributed by atoms with Gasteiger partial charge in [-0.1, -0.05) is 66.7 Å². The first-order chi connectivity index (χ1) is 20.5. The molecule has 2 saturated heterocycles. The molecule has 0 unspecified atom stereocenters. The molecular weight excluding hydrogens is 526 g/mol. The van der Waals surface area contributed by atoms with Gasteiger partial charge in [0.15, 0.2) is 0 Å². The molecule has 0 aromatic heterocycles. The van der Waals surface area contributed by atoms with Crippen LogP contribution in [0.15, 0.2) is 78.9 Å². The zero-order valence-corrected chi connectivity index (χ0v) is 23.8. The number of piperidine rings is 2. The Balaban J connectivity index is 1.00. The van der Waals surface area contributed by atoms with Crippen LogP contribution in [-0.2, 0) is 10.4 Å². The van der Waals surface area contributed by atoms with Crippen LogP contribution in [0.3, 0.4) is 0 Å². The third-order valence-electron chi connectivity index (χ3n) is 9.85. The highest BCUT2D eigenvalue weighted by molar-refractivity contribution is 6.24. The number of nitrogens with zero attached hydrogens (tertiary/aromatic N) is 3. The second-order valence-electron chi connectivity index (χ2n) is 12.3. The number of carbonyl (C=O) groups is 3. The molecule has 4 aliphatic rings. The highest BCUT2D eigenvalue weighted by Crippen LogP contribution is 2.43. The number of rotatable bonds is 6. The number of likely N-dealkylation sites (tertiary alicyclic amines) is 1. The van der Waals surface area contributed by atoms with E-state index in [4.69, 9.17) is 0 Å². The summed E-state index contributed by atoms with van der Waals surface area (Å²) in [5.41, 5.74) is 2.54. The van der Waals surface area contributed by atoms with Crippen LogP contribution in [0.2, 0.25) is 0 Å². The fourth-order valence-electron chi connectivity index (χ4n) is 7.38. The number of imide groups is 1. The number of carbonyl (C=O) groups excluding carboxylic acids is 3. The average molecular weight is 564 g/mol. The van der Waals surface area contributed by atoms with Gasteiger partial charge in [-0.25, -0.2) is 0 Å². The van der Waals surface area contributed by atoms with E-state index in [9.17, 15) is 19.5 Å². The monoisotopic (exact) mass is 563 g/mol. The van der Waals surface area contributed by atoms with Crippen LogP contribution >= 0.6 is 0 Å². The second-order valence-corrected chi connectivity index (χ2v) is 12.3. The molecule has 7 nitrogen and oxygen atoms in total. The first kappa shape index (κ1) is 26.9. The maximum Gasteiger partial charge on any atom is 0.263 e. The predicted molar refractivity (Wildman–Crippen MR) is 160 cm³/mol. The van der Waals surface area contributed by atoms with Crippen LogP contribution in [0, 0.1) is 11.8 Å². The van der Waals surface area contributed by atoms with E-state index in [1.165, 1.54) is 4.90 Å². The van der Waals surface area contributed by atoms with Crippen molar-refractivity contribution >= 4 is 23.4 Å². The molecule has 7 heteroatoms. The minimum atomic E-state index is -1.10. The molecule has 3 aromatic carbocycles. The second kappa shape index (κ2) is 10.7. The van der Waals surface area contributed by atoms with Crippen LogP contribution in [0.5, 0.6) is 0 Å². The van der Waals surface area contributed by atoms with Crippen LogP contribution in [0.4, 0.5) is 5.69 Å². The van der Waals surface area contributed by atoms with E-state index in [1.807, 2.05) is 77.7 Å². The van der Waals surface area contributed by atoms with Crippen molar-refractivity contribution in [3.8, 4) is 0 Å². The number of aliphatic hydroxyl groups is 1. The quantitative estimate of drug-likeness (QED) is 0.435. The van der Waals surface area contributed by atoms with Gasteiger partial charge in [-0.15, -0.1) is 0 Å². The molecule has 7 rings (SSSR count). The molecule has 0 bridgehead atoms. The zero-order chi connectivity index (χ0) is 28.8. The molecular formula is C35H37N3O4. The number of anilines is 1. The topological polar surface area (TPSA) is 81.2 Å². The Hall–Kier alpha value is -3.97. The molecule has 3 aliphatic heterocycles. The smallest absolute Gasteiger partial charge is 0.263 e. The van der Waals surface area contributed by atoms with Gasteiger partial charge in [0.1, 0.15) is 5.60 Å². The molecule has 3 aromatic rings. The van der Waals surface area contributed by atoms with Crippen LogP contribution in [0.25, 0.3) is 0 Å². The predicted octanol–water partition coefficient (Wildman–Crippen LogP) is 4.84. The standard InChI is InChI=1S/C35H37N3O4/c39-32(37-22-18-27(19-23-37)35(42,25-8-3-1-4-9-25)26-10-5-2-6-11-26)24-16-20-36(21-17-24)30-13-7-12-29-31(30)34(41)38(33(29)40)28-14-15-28/h1-13,24,27-28,42H,14-23H2. The lowest BCUT2D eigenvalue weighted by molar-refractivity contribution is -0.139. The molecule has 216 valence electrons. The summed E-state index contributed by atoms with van der Waals surface area (Å²) in [6.45, 7) is 2.61. The number of benzene rings is 3. The number of hydrogen-bond donors (Lipinski definition) is 1. The Morgan fingerprint density at radius 3 is 1.86 bits per heavy atom. The molecule has 1 aliphatic carbocycles. The van der Waals surface area contributed by atoms with E-state index in [2.05, 4.69) is 4.90 Å². The summed E-state index contributed by atoms with van der Waals surface area (Å²) in [6.07, 6.45) is 4.68. The van der Waals surface area contributed by atoms with E-state index in [-0.39, 0.29) is 35.6 Å². The Bertz CT molecular complexity index is 1450. The van der Waals surface area contributed by atoms with Gasteiger partial charge < -0.3 is 14.9 Å². The van der Waals surface area contributed by atoms with Crippen molar-refractivity contribution in [2.45, 2.75) is 50.2 Å². The van der Waals surface area contributed by atoms with Crippen molar-refractivity contribution < 1.29 is 19.5 Å². The number of amides is 3. The maximum atomic E-state index is 13.6. The van der Waals surface area contributed by atoms with Crippen LogP contribution in [-0.4, -0.2) is 64.8 Å². The highest BCUT2D eigenvalue weighted by Gasteiger charge is 2.46. The van der Waals surface area contributed by atoms with Gasteiger partial charge in [0.25, 0.3) is 11.8 Å². The lowest BCUT2D eigenvalue weighted by atomic mass is 9.72. The molecule has 3 fully saturated rings. The molecule has 0 atom stereocenters. The van der Waals surface area contributed by atoms with Crippen LogP contribution in [0.1, 0.15) is 70.4 Å². The molecule has 1 saturated carbocycles. The lowest BCUT2D eigenvalue weighted by Gasteiger charge is -2.43. The van der Waals surface area contributed by atoms with Gasteiger partial charge >= 0.3 is 0 Å². The summed E-state index contributed by atoms with van der Waals surface area (Å²) in [6, 6.07) is 25.4. The minimum absolute atomic E-state index is 0.00354. The van der Waals surface area contributed by atoms with Gasteiger partial charge in [-0.05, 0) is 67.7 Å². The van der Waals surface area contributed by atoms with Crippen molar-refractivity contribution in [3.05, 3.63) is 101 Å². The van der Waals surface area contributed by atoms with E-state index < -0.39 is 5.60 Å². The Morgan fingerprint density at radius 1 is 0.690 bits per heavy atom. The van der Waals surface area contributed by atoms with Gasteiger partial charge in [-0.2, -0.15) is 0 Å². The van der Waals surface area contributed by atoms with E-state index in [1.54, 1.807) is 6.07 Å². The molecule has 3 heterocycles. The normalized spacial score (nSPS) is 20.3. The largest absolute Gasteiger partial charge is 0.380 e. The highest BCUT2D eigenvalue weighted by atomic mass is 16.3. The van der Waals surface area contributed by atoms with Crippen molar-refractivity contribution in [2.75, 3.05) is 31.1 Å². The molecule has 3 amide bonds. The summed E-state index contributed by atoms with van der Waals surface area (Å²) in [5, 5.41) is 12.2. The maximum absolute atomic E-state index is 13.6. The van der Waals surface area contributed by atoms with Gasteiger partial charge in [-0.3, -0.25) is 19.3 Å². The Kier molecular flexibility index (Phi) is 6.85. The minimum Gasteiger partial charge on any atom is -0.380 e. The van der Waals surface area contributed by atoms with E-state index >= 15 is 0 Å². The molecule has 42 heavy (non-hydrogen) atoms. The van der Waals surface area contributed by atoms with Crippen molar-refractivity contribution in [1.29, 1.82) is 0 Å². The van der Waals surface area contributed by atoms with Crippen molar-refractivity contribution in [1.82, 2.24) is 9.80 Å². The van der Waals surface area contributed by atoms with E-state index in [0.29, 0.717) is 37.3 Å². The number of hydrogen-bond acceptors (Lipinski definition) is 5. The summed E-state index contributed by atoms with van der Waals surface area (Å²) in [5.74, 6) is -0.194. The first-order valence-corrected chi connectivity index (χ1v) is 15.3. The fraction of sp³-hybridized carbons (Fsp3) is 0.400. The Labute approximate surface area is 246 Å². The molecule has 0 radical (unpaired) electrons. The Morgan fingerprint density at radius 2 is 1.29 bits per heavy atom. The fourth-order valence-corrected chi connectivity index (χ4v) is 7.38. The van der Waals surface area contributed by atoms with E-state index in [0.717, 1.165) is 55.3 Å². The molecule has 1 N–H and O–H groups in total. The molecule has 0 spiro atoms. The average Bonchev–Trinajstić information content (AvgIpc) is 3.86. The SMILES string of the molecule is O=C(C1CCN(c2cccc3c2C(=O)N(C2CC2)C3=O)CC1)N1CCC(C(O)(c2ccccc2)c2ccccc2)CC1. The van der Waals surface area contributed by atoms with Gasteiger partial charge in [0, 0.05) is 38.1 Å². The summed E-state index contributed by atoms with van der Waals surface area (Å²) >= 11 is 0. The van der Waals surface area contributed by atoms with Crippen molar-refractivity contribution in [2.24, 2.45) is 11.8 Å². The first-order valence-electron chi connectivity index (χ1n) is 15.3. The van der Waals surface area contributed by atoms with Gasteiger partial charge in [0.05, 0.1) is 16.8 Å². The summed E-state index contributed by atoms with van der Waals surface area (Å²) in [7, 11) is 0. The van der Waals surface area contributed by atoms with Crippen molar-refractivity contribution in [3.63, 3.8) is 0 Å². The van der Waals surface area contributed by atoms with Gasteiger partial charge in [0.2, 0.25) is 5.91 Å². The number of fused-ring (bicyclic) bond motifs is 1. The zero-order valence-electron chi connectivity index (χ0n) is 23.8. The third kappa shape index (κ3) is 4.51.